The Morgan fingerprint density at radius 2 is 2.00 bits per heavy atom. The number of hydrogen-bond donors (Lipinski definition) is 2. The zero-order chi connectivity index (χ0) is 14.7. The number of likely N-dealkylation sites (tertiary alicyclic amines) is 1. The number of nitrogens with two attached hydrogens (primary N) is 1. The van der Waals surface area contributed by atoms with Crippen LogP contribution in [-0.4, -0.2) is 35.8 Å². The Kier molecular flexibility index (Phi) is 4.22. The van der Waals surface area contributed by atoms with E-state index in [1.165, 1.54) is 18.2 Å². The Labute approximate surface area is 116 Å². The molecule has 108 valence electrons. The standard InChI is InChI=1S/C14H18FN3O2/c1-9(14(20)18-7-2-3-8-18)17-13(19)10-5-4-6-11(15)12(10)16/h4-6,9H,2-3,7-8,16H2,1H3,(H,17,19). The molecule has 1 aromatic rings. The molecule has 0 aliphatic carbocycles. The molecule has 1 aromatic carbocycles. The Morgan fingerprint density at radius 3 is 2.65 bits per heavy atom. The van der Waals surface area contributed by atoms with E-state index in [0.29, 0.717) is 0 Å². The van der Waals surface area contributed by atoms with E-state index in [0.717, 1.165) is 25.9 Å². The van der Waals surface area contributed by atoms with Crippen molar-refractivity contribution in [2.24, 2.45) is 0 Å². The number of rotatable bonds is 3. The number of benzene rings is 1. The Bertz CT molecular complexity index is 527. The fraction of sp³-hybridized carbons (Fsp3) is 0.429. The van der Waals surface area contributed by atoms with E-state index < -0.39 is 17.8 Å². The van der Waals surface area contributed by atoms with Crippen LogP contribution in [0.1, 0.15) is 30.1 Å². The highest BCUT2D eigenvalue weighted by Gasteiger charge is 2.25. The molecule has 0 saturated carbocycles. The van der Waals surface area contributed by atoms with E-state index in [-0.39, 0.29) is 17.2 Å². The molecule has 3 N–H and O–H groups in total. The first kappa shape index (κ1) is 14.3. The Morgan fingerprint density at radius 1 is 1.35 bits per heavy atom. The molecule has 20 heavy (non-hydrogen) atoms. The summed E-state index contributed by atoms with van der Waals surface area (Å²) in [5, 5.41) is 2.56. The summed E-state index contributed by atoms with van der Waals surface area (Å²) in [6, 6.07) is 3.38. The minimum Gasteiger partial charge on any atom is -0.396 e. The quantitative estimate of drug-likeness (QED) is 0.815. The molecule has 2 rings (SSSR count). The number of nitrogens with one attached hydrogen (secondary N) is 1. The summed E-state index contributed by atoms with van der Waals surface area (Å²) >= 11 is 0. The smallest absolute Gasteiger partial charge is 0.254 e. The largest absolute Gasteiger partial charge is 0.396 e. The molecule has 0 radical (unpaired) electrons. The van der Waals surface area contributed by atoms with Crippen molar-refractivity contribution in [1.29, 1.82) is 0 Å². The third-order valence-corrected chi connectivity index (χ3v) is 3.43. The van der Waals surface area contributed by atoms with Crippen molar-refractivity contribution in [3.05, 3.63) is 29.6 Å². The van der Waals surface area contributed by atoms with Gasteiger partial charge in [-0.2, -0.15) is 0 Å². The molecular weight excluding hydrogens is 261 g/mol. The predicted octanol–water partition coefficient (Wildman–Crippen LogP) is 1.15. The summed E-state index contributed by atoms with van der Waals surface area (Å²) in [5.41, 5.74) is 5.37. The van der Waals surface area contributed by atoms with Gasteiger partial charge < -0.3 is 16.0 Å². The van der Waals surface area contributed by atoms with Gasteiger partial charge >= 0.3 is 0 Å². The predicted molar refractivity (Wildman–Crippen MR) is 73.6 cm³/mol. The van der Waals surface area contributed by atoms with Crippen molar-refractivity contribution in [2.45, 2.75) is 25.8 Å². The number of anilines is 1. The number of para-hydroxylation sites is 1. The van der Waals surface area contributed by atoms with Gasteiger partial charge in [0.05, 0.1) is 11.3 Å². The lowest BCUT2D eigenvalue weighted by Crippen LogP contribution is -2.46. The van der Waals surface area contributed by atoms with Crippen molar-refractivity contribution in [2.75, 3.05) is 18.8 Å². The first-order valence-corrected chi connectivity index (χ1v) is 6.64. The van der Waals surface area contributed by atoms with E-state index in [2.05, 4.69) is 5.32 Å². The molecule has 1 heterocycles. The Hall–Kier alpha value is -2.11. The first-order chi connectivity index (χ1) is 9.50. The molecule has 0 aromatic heterocycles. The van der Waals surface area contributed by atoms with Crippen LogP contribution in [0, 0.1) is 5.82 Å². The van der Waals surface area contributed by atoms with E-state index in [9.17, 15) is 14.0 Å². The van der Waals surface area contributed by atoms with Gasteiger partial charge in [-0.05, 0) is 31.9 Å². The SMILES string of the molecule is CC(NC(=O)c1cccc(F)c1N)C(=O)N1CCCC1. The number of carbonyl (C=O) groups excluding carboxylic acids is 2. The molecule has 2 amide bonds. The van der Waals surface area contributed by atoms with Crippen LogP contribution < -0.4 is 11.1 Å². The normalized spacial score (nSPS) is 16.0. The molecule has 1 atom stereocenters. The molecular formula is C14H18FN3O2. The lowest BCUT2D eigenvalue weighted by atomic mass is 10.1. The van der Waals surface area contributed by atoms with E-state index in [1.807, 2.05) is 0 Å². The van der Waals surface area contributed by atoms with E-state index in [4.69, 9.17) is 5.73 Å². The van der Waals surface area contributed by atoms with Crippen LogP contribution in [0.2, 0.25) is 0 Å². The van der Waals surface area contributed by atoms with Gasteiger partial charge in [-0.3, -0.25) is 9.59 Å². The number of carbonyl (C=O) groups is 2. The molecule has 0 spiro atoms. The summed E-state index contributed by atoms with van der Waals surface area (Å²) in [5.74, 6) is -1.30. The van der Waals surface area contributed by atoms with Gasteiger partial charge in [0, 0.05) is 13.1 Å². The fourth-order valence-corrected chi connectivity index (χ4v) is 2.28. The second kappa shape index (κ2) is 5.90. The average molecular weight is 279 g/mol. The number of halogens is 1. The summed E-state index contributed by atoms with van der Waals surface area (Å²) in [6.07, 6.45) is 1.98. The van der Waals surface area contributed by atoms with Crippen LogP contribution in [0.5, 0.6) is 0 Å². The third kappa shape index (κ3) is 2.89. The summed E-state index contributed by atoms with van der Waals surface area (Å²) in [7, 11) is 0. The van der Waals surface area contributed by atoms with E-state index in [1.54, 1.807) is 11.8 Å². The Balaban J connectivity index is 2.03. The maximum Gasteiger partial charge on any atom is 0.254 e. The fourth-order valence-electron chi connectivity index (χ4n) is 2.28. The average Bonchev–Trinajstić information content (AvgIpc) is 2.94. The highest BCUT2D eigenvalue weighted by molar-refractivity contribution is 6.01. The van der Waals surface area contributed by atoms with Crippen LogP contribution in [0.3, 0.4) is 0 Å². The zero-order valence-corrected chi connectivity index (χ0v) is 11.4. The molecule has 6 heteroatoms. The van der Waals surface area contributed by atoms with Gasteiger partial charge in [0.15, 0.2) is 0 Å². The number of amides is 2. The molecule has 1 fully saturated rings. The number of hydrogen-bond acceptors (Lipinski definition) is 3. The third-order valence-electron chi connectivity index (χ3n) is 3.43. The van der Waals surface area contributed by atoms with Crippen LogP contribution in [0.4, 0.5) is 10.1 Å². The summed E-state index contributed by atoms with van der Waals surface area (Å²) in [6.45, 7) is 3.07. The highest BCUT2D eigenvalue weighted by atomic mass is 19.1. The molecule has 1 unspecified atom stereocenters. The second-order valence-corrected chi connectivity index (χ2v) is 4.93. The van der Waals surface area contributed by atoms with Crippen LogP contribution in [0.15, 0.2) is 18.2 Å². The maximum atomic E-state index is 13.3. The molecule has 1 aliphatic rings. The van der Waals surface area contributed by atoms with Crippen LogP contribution >= 0.6 is 0 Å². The number of nitrogens with zero attached hydrogens (tertiary/aromatic N) is 1. The van der Waals surface area contributed by atoms with Crippen molar-refractivity contribution >= 4 is 17.5 Å². The lowest BCUT2D eigenvalue weighted by molar-refractivity contribution is -0.131. The minimum atomic E-state index is -0.650. The van der Waals surface area contributed by atoms with Gasteiger partial charge in [-0.15, -0.1) is 0 Å². The highest BCUT2D eigenvalue weighted by Crippen LogP contribution is 2.16. The zero-order valence-electron chi connectivity index (χ0n) is 11.4. The first-order valence-electron chi connectivity index (χ1n) is 6.64. The monoisotopic (exact) mass is 279 g/mol. The molecule has 0 bridgehead atoms. The van der Waals surface area contributed by atoms with Gasteiger partial charge in [0.25, 0.3) is 5.91 Å². The summed E-state index contributed by atoms with van der Waals surface area (Å²) in [4.78, 5) is 25.8. The topological polar surface area (TPSA) is 75.4 Å². The van der Waals surface area contributed by atoms with Crippen molar-refractivity contribution < 1.29 is 14.0 Å². The molecule has 1 aliphatic heterocycles. The van der Waals surface area contributed by atoms with Crippen LogP contribution in [-0.2, 0) is 4.79 Å². The number of nitrogen functional groups attached to an aromatic ring is 1. The second-order valence-electron chi connectivity index (χ2n) is 4.93. The van der Waals surface area contributed by atoms with Gasteiger partial charge in [0.2, 0.25) is 5.91 Å². The molecule has 5 nitrogen and oxygen atoms in total. The van der Waals surface area contributed by atoms with Crippen molar-refractivity contribution in [3.8, 4) is 0 Å². The van der Waals surface area contributed by atoms with Gasteiger partial charge in [-0.25, -0.2) is 4.39 Å². The minimum absolute atomic E-state index is 0.0473. The summed E-state index contributed by atoms with van der Waals surface area (Å²) < 4.78 is 13.3. The molecule has 1 saturated heterocycles. The van der Waals surface area contributed by atoms with Gasteiger partial charge in [0.1, 0.15) is 11.9 Å². The maximum absolute atomic E-state index is 13.3. The van der Waals surface area contributed by atoms with Crippen LogP contribution in [0.25, 0.3) is 0 Å². The lowest BCUT2D eigenvalue weighted by Gasteiger charge is -2.21. The van der Waals surface area contributed by atoms with E-state index >= 15 is 0 Å². The van der Waals surface area contributed by atoms with Crippen molar-refractivity contribution in [3.63, 3.8) is 0 Å². The van der Waals surface area contributed by atoms with Crippen molar-refractivity contribution in [1.82, 2.24) is 10.2 Å². The van der Waals surface area contributed by atoms with Gasteiger partial charge in [-0.1, -0.05) is 6.07 Å².